The third-order valence-electron chi connectivity index (χ3n) is 3.66. The molecule has 0 fully saturated rings. The van der Waals surface area contributed by atoms with E-state index in [9.17, 15) is 27.5 Å². The van der Waals surface area contributed by atoms with Gasteiger partial charge in [-0.05, 0) is 32.0 Å². The van der Waals surface area contributed by atoms with Crippen LogP contribution < -0.4 is 10.1 Å². The van der Waals surface area contributed by atoms with Gasteiger partial charge in [0.05, 0.1) is 34.7 Å². The van der Waals surface area contributed by atoms with E-state index in [0.717, 1.165) is 0 Å². The van der Waals surface area contributed by atoms with Gasteiger partial charge in [-0.1, -0.05) is 0 Å². The zero-order valence-electron chi connectivity index (χ0n) is 14.1. The van der Waals surface area contributed by atoms with Crippen molar-refractivity contribution in [3.8, 4) is 11.5 Å². The largest absolute Gasteiger partial charge is 0.506 e. The number of fused-ring (bicyclic) bond motifs is 1. The molecule has 27 heavy (non-hydrogen) atoms. The second-order valence-corrected chi connectivity index (χ2v) is 6.04. The summed E-state index contributed by atoms with van der Waals surface area (Å²) in [6.45, 7) is 3.45. The first-order chi connectivity index (χ1) is 12.5. The number of nitrogens with one attached hydrogen (secondary N) is 1. The van der Waals surface area contributed by atoms with Crippen molar-refractivity contribution >= 4 is 11.6 Å². The van der Waals surface area contributed by atoms with Crippen molar-refractivity contribution in [1.82, 2.24) is 4.98 Å². The van der Waals surface area contributed by atoms with E-state index in [1.165, 1.54) is 18.5 Å². The number of hydrogen-bond acceptors (Lipinski definition) is 5. The zero-order chi connectivity index (χ0) is 20.0. The van der Waals surface area contributed by atoms with Gasteiger partial charge < -0.3 is 15.2 Å². The number of aromatic nitrogens is 1. The molecule has 1 aromatic carbocycles. The van der Waals surface area contributed by atoms with Crippen LogP contribution in [-0.2, 0) is 17.0 Å². The van der Waals surface area contributed by atoms with Crippen LogP contribution in [0.2, 0.25) is 0 Å². The molecule has 10 heteroatoms. The summed E-state index contributed by atoms with van der Waals surface area (Å²) in [5.74, 6) is -1.49. The fourth-order valence-electron chi connectivity index (χ4n) is 2.55. The van der Waals surface area contributed by atoms with E-state index in [2.05, 4.69) is 15.0 Å². The third-order valence-corrected chi connectivity index (χ3v) is 3.66. The Kier molecular flexibility index (Phi) is 4.46. The molecule has 2 heterocycles. The maximum absolute atomic E-state index is 13.7. The van der Waals surface area contributed by atoms with E-state index in [4.69, 9.17) is 4.74 Å². The average molecular weight is 386 g/mol. The molecule has 0 saturated carbocycles. The highest BCUT2D eigenvalue weighted by Crippen LogP contribution is 2.53. The number of amides is 1. The highest BCUT2D eigenvalue weighted by molar-refractivity contribution is 6.06. The molecule has 1 aliphatic rings. The van der Waals surface area contributed by atoms with Crippen molar-refractivity contribution < 1.29 is 36.9 Å². The van der Waals surface area contributed by atoms with Gasteiger partial charge in [-0.25, -0.2) is 4.74 Å². The highest BCUT2D eigenvalue weighted by atomic mass is 19.3. The number of hydrogen-bond donors (Lipinski definition) is 2. The number of ether oxygens (including phenoxy) is 2. The summed E-state index contributed by atoms with van der Waals surface area (Å²) in [5.41, 5.74) is -2.77. The van der Waals surface area contributed by atoms with Gasteiger partial charge in [0.2, 0.25) is 0 Å². The zero-order valence-corrected chi connectivity index (χ0v) is 14.1. The minimum absolute atomic E-state index is 0.0203. The molecule has 3 rings (SSSR count). The predicted octanol–water partition coefficient (Wildman–Crippen LogP) is 3.96. The number of carbonyl (C=O) groups excluding carboxylic acids is 1. The van der Waals surface area contributed by atoms with Crippen LogP contribution in [0.5, 0.6) is 11.5 Å². The maximum Gasteiger partial charge on any atom is 0.388 e. The van der Waals surface area contributed by atoms with Gasteiger partial charge >= 0.3 is 12.2 Å². The summed E-state index contributed by atoms with van der Waals surface area (Å²) >= 11 is 0. The van der Waals surface area contributed by atoms with Gasteiger partial charge in [-0.15, -0.1) is 0 Å². The lowest BCUT2D eigenvalue weighted by atomic mass is 10.1. The summed E-state index contributed by atoms with van der Waals surface area (Å²) < 4.78 is 63.3. The summed E-state index contributed by atoms with van der Waals surface area (Å²) in [6.07, 6.45) is -6.20. The Hall–Kier alpha value is -2.88. The number of rotatable bonds is 4. The molecule has 0 bridgehead atoms. The van der Waals surface area contributed by atoms with E-state index in [0.29, 0.717) is 12.1 Å². The van der Waals surface area contributed by atoms with Crippen molar-refractivity contribution in [3.63, 3.8) is 0 Å². The molecule has 0 aliphatic carbocycles. The van der Waals surface area contributed by atoms with Crippen LogP contribution in [0.15, 0.2) is 30.6 Å². The Morgan fingerprint density at radius 2 is 1.85 bits per heavy atom. The van der Waals surface area contributed by atoms with Crippen LogP contribution in [0.25, 0.3) is 0 Å². The molecule has 0 radical (unpaired) electrons. The van der Waals surface area contributed by atoms with Crippen LogP contribution in [0, 0.1) is 0 Å². The Morgan fingerprint density at radius 3 is 2.48 bits per heavy atom. The van der Waals surface area contributed by atoms with E-state index >= 15 is 0 Å². The summed E-state index contributed by atoms with van der Waals surface area (Å²) in [4.78, 5) is 16.3. The molecule has 0 unspecified atom stereocenters. The number of benzene rings is 1. The number of aromatic hydroxyl groups is 1. The molecule has 2 aromatic rings. The van der Waals surface area contributed by atoms with Crippen LogP contribution in [0.4, 0.5) is 23.2 Å². The normalized spacial score (nSPS) is 16.9. The number of carbonyl (C=O) groups is 1. The van der Waals surface area contributed by atoms with Crippen molar-refractivity contribution in [3.05, 3.63) is 47.3 Å². The molecule has 0 atom stereocenters. The molecular formula is C17H14F4N2O4. The molecular weight excluding hydrogens is 372 g/mol. The van der Waals surface area contributed by atoms with Gasteiger partial charge in [0.25, 0.3) is 5.91 Å². The number of pyridine rings is 1. The molecule has 0 saturated heterocycles. The Morgan fingerprint density at radius 1 is 1.22 bits per heavy atom. The highest BCUT2D eigenvalue weighted by Gasteiger charge is 2.57. The lowest BCUT2D eigenvalue weighted by molar-refractivity contribution is -0.369. The minimum Gasteiger partial charge on any atom is -0.506 e. The van der Waals surface area contributed by atoms with E-state index in [-0.39, 0.29) is 17.4 Å². The Labute approximate surface area is 150 Å². The quantitative estimate of drug-likeness (QED) is 0.614. The van der Waals surface area contributed by atoms with Crippen LogP contribution >= 0.6 is 0 Å². The van der Waals surface area contributed by atoms with Crippen LogP contribution in [0.3, 0.4) is 0 Å². The average Bonchev–Trinajstić information content (AvgIpc) is 2.72. The monoisotopic (exact) mass is 386 g/mol. The summed E-state index contributed by atoms with van der Waals surface area (Å²) in [6, 6.07) is 2.31. The van der Waals surface area contributed by atoms with Crippen LogP contribution in [0.1, 0.15) is 35.3 Å². The lowest BCUT2D eigenvalue weighted by Crippen LogP contribution is -2.18. The van der Waals surface area contributed by atoms with E-state index in [1.807, 2.05) is 0 Å². The first-order valence-corrected chi connectivity index (χ1v) is 7.77. The molecule has 6 nitrogen and oxygen atoms in total. The molecule has 1 aromatic heterocycles. The fourth-order valence-corrected chi connectivity index (χ4v) is 2.55. The van der Waals surface area contributed by atoms with Gasteiger partial charge in [0, 0.05) is 6.20 Å². The number of phenolic OH excluding ortho intramolecular Hbond substituents is 1. The standard InChI is InChI=1S/C17H14F4N2O4/c1-8(2)26-14-7-22-4-3-9(14)15(25)23-12-5-10-11(6-13(12)24)17(20,21)27-16(10,18)19/h3-8,24H,1-2H3,(H,23,25). The van der Waals surface area contributed by atoms with Crippen molar-refractivity contribution in [1.29, 1.82) is 0 Å². The topological polar surface area (TPSA) is 80.7 Å². The number of alkyl halides is 4. The first kappa shape index (κ1) is 18.9. The second kappa shape index (κ2) is 6.38. The van der Waals surface area contributed by atoms with Gasteiger partial charge in [-0.3, -0.25) is 9.78 Å². The fraction of sp³-hybridized carbons (Fsp3) is 0.294. The lowest BCUT2D eigenvalue weighted by Gasteiger charge is -2.15. The van der Waals surface area contributed by atoms with Crippen molar-refractivity contribution in [2.45, 2.75) is 32.2 Å². The van der Waals surface area contributed by atoms with E-state index < -0.39 is 40.7 Å². The SMILES string of the molecule is CC(C)Oc1cnccc1C(=O)Nc1cc2c(cc1O)C(F)(F)OC2(F)F. The second-order valence-electron chi connectivity index (χ2n) is 6.04. The number of nitrogens with zero attached hydrogens (tertiary/aromatic N) is 1. The number of anilines is 1. The summed E-state index contributed by atoms with van der Waals surface area (Å²) in [7, 11) is 0. The Balaban J connectivity index is 1.95. The molecule has 0 spiro atoms. The maximum atomic E-state index is 13.7. The van der Waals surface area contributed by atoms with Crippen molar-refractivity contribution in [2.75, 3.05) is 5.32 Å². The molecule has 144 valence electrons. The third kappa shape index (κ3) is 3.52. The number of halogens is 4. The smallest absolute Gasteiger partial charge is 0.388 e. The molecule has 1 amide bonds. The summed E-state index contributed by atoms with van der Waals surface area (Å²) in [5, 5.41) is 12.1. The minimum atomic E-state index is -4.27. The van der Waals surface area contributed by atoms with E-state index in [1.54, 1.807) is 13.8 Å². The Bertz CT molecular complexity index is 902. The van der Waals surface area contributed by atoms with Gasteiger partial charge in [-0.2, -0.15) is 17.6 Å². The van der Waals surface area contributed by atoms with Crippen LogP contribution in [-0.4, -0.2) is 22.1 Å². The number of phenols is 1. The van der Waals surface area contributed by atoms with Crippen molar-refractivity contribution in [2.24, 2.45) is 0 Å². The first-order valence-electron chi connectivity index (χ1n) is 7.77. The molecule has 1 aliphatic heterocycles. The predicted molar refractivity (Wildman–Crippen MR) is 84.9 cm³/mol. The molecule has 2 N–H and O–H groups in total. The van der Waals surface area contributed by atoms with Gasteiger partial charge in [0.1, 0.15) is 5.75 Å². The van der Waals surface area contributed by atoms with Gasteiger partial charge in [0.15, 0.2) is 5.75 Å².